The van der Waals surface area contributed by atoms with Crippen LogP contribution in [0.3, 0.4) is 0 Å². The predicted octanol–water partition coefficient (Wildman–Crippen LogP) is 5.01. The van der Waals surface area contributed by atoms with Gasteiger partial charge in [-0.1, -0.05) is 30.3 Å². The lowest BCUT2D eigenvalue weighted by molar-refractivity contribution is -0.0347. The van der Waals surface area contributed by atoms with E-state index in [2.05, 4.69) is 71.7 Å². The van der Waals surface area contributed by atoms with Gasteiger partial charge in [-0.15, -0.1) is 0 Å². The summed E-state index contributed by atoms with van der Waals surface area (Å²) in [5.41, 5.74) is 6.58. The van der Waals surface area contributed by atoms with Crippen molar-refractivity contribution in [3.63, 3.8) is 0 Å². The number of alkyl carbamates (subject to hydrolysis) is 1. The van der Waals surface area contributed by atoms with Gasteiger partial charge in [-0.05, 0) is 97.3 Å². The second-order valence-electron chi connectivity index (χ2n) is 10.9. The Labute approximate surface area is 197 Å². The van der Waals surface area contributed by atoms with E-state index in [-0.39, 0.29) is 23.7 Å². The minimum absolute atomic E-state index is 0.0528. The molecule has 1 amide bonds. The van der Waals surface area contributed by atoms with Gasteiger partial charge < -0.3 is 15.0 Å². The van der Waals surface area contributed by atoms with Crippen LogP contribution in [0, 0.1) is 11.3 Å². The lowest BCUT2D eigenvalue weighted by Crippen LogP contribution is -2.53. The molecule has 1 saturated carbocycles. The molecule has 0 aromatic heterocycles. The number of piperidine rings is 3. The number of nitrogens with zero attached hydrogens (tertiary/aromatic N) is 2. The largest absolute Gasteiger partial charge is 0.445 e. The van der Waals surface area contributed by atoms with E-state index in [1.54, 1.807) is 0 Å². The van der Waals surface area contributed by atoms with E-state index in [4.69, 9.17) is 4.74 Å². The first-order chi connectivity index (χ1) is 16.0. The molecule has 3 heterocycles. The molecule has 1 unspecified atom stereocenters. The Kier molecular flexibility index (Phi) is 5.13. The Balaban J connectivity index is 1.22. The fraction of sp³-hybridized carbons (Fsp3) is 0.536. The molecule has 4 fully saturated rings. The number of hydrogen-bond donors (Lipinski definition) is 1. The highest BCUT2D eigenvalue weighted by Gasteiger charge is 2.53. The number of amides is 1. The summed E-state index contributed by atoms with van der Waals surface area (Å²) in [5, 5.41) is 3.33. The van der Waals surface area contributed by atoms with E-state index in [0.717, 1.165) is 45.3 Å². The van der Waals surface area contributed by atoms with Gasteiger partial charge in [-0.2, -0.15) is 0 Å². The normalized spacial score (nSPS) is 28.8. The molecule has 2 bridgehead atoms. The number of benzene rings is 2. The highest BCUT2D eigenvalue weighted by atomic mass is 16.6. The summed E-state index contributed by atoms with van der Waals surface area (Å²) in [6.07, 6.45) is 6.78. The summed E-state index contributed by atoms with van der Waals surface area (Å²) >= 11 is 0. The van der Waals surface area contributed by atoms with Gasteiger partial charge in [0.15, 0.2) is 0 Å². The topological polar surface area (TPSA) is 44.8 Å². The van der Waals surface area contributed by atoms with Crippen molar-refractivity contribution in [2.75, 3.05) is 38.6 Å². The van der Waals surface area contributed by atoms with Gasteiger partial charge in [0.05, 0.1) is 6.04 Å². The molecule has 1 spiro atoms. The maximum absolute atomic E-state index is 13.0. The number of rotatable bonds is 4. The van der Waals surface area contributed by atoms with E-state index < -0.39 is 0 Å². The maximum Gasteiger partial charge on any atom is 0.407 e. The molecule has 0 radical (unpaired) electrons. The standard InChI is InChI=1S/C28H35N3O2/c1-30(2)23-5-3-4-20(17-23)21-6-7-24-22(16-21)8-11-28(12-13-28)26(24)29-27(32)33-25-18-31-14-9-19(25)10-15-31/h3-7,16-17,19,25-26H,8-15,18H2,1-2H3,(H,29,32)/t25-,26?/m0/s1. The first-order valence-electron chi connectivity index (χ1n) is 12.6. The second-order valence-corrected chi connectivity index (χ2v) is 10.9. The lowest BCUT2D eigenvalue weighted by Gasteiger charge is -2.44. The molecule has 2 atom stereocenters. The molecule has 2 aliphatic carbocycles. The van der Waals surface area contributed by atoms with Gasteiger partial charge in [-0.25, -0.2) is 4.79 Å². The Morgan fingerprint density at radius 1 is 1.06 bits per heavy atom. The molecule has 174 valence electrons. The van der Waals surface area contributed by atoms with Gasteiger partial charge in [0.25, 0.3) is 0 Å². The number of aryl methyl sites for hydroxylation is 1. The Morgan fingerprint density at radius 3 is 2.55 bits per heavy atom. The fourth-order valence-electron chi connectivity index (χ4n) is 6.37. The molecule has 33 heavy (non-hydrogen) atoms. The molecule has 5 nitrogen and oxygen atoms in total. The highest BCUT2D eigenvalue weighted by molar-refractivity contribution is 5.71. The molecular formula is C28H35N3O2. The number of carbonyl (C=O) groups excluding carboxylic acids is 1. The van der Waals surface area contributed by atoms with E-state index in [1.165, 1.54) is 40.8 Å². The zero-order valence-electron chi connectivity index (χ0n) is 19.8. The van der Waals surface area contributed by atoms with Crippen LogP contribution in [0.2, 0.25) is 0 Å². The molecule has 1 N–H and O–H groups in total. The molecule has 2 aromatic rings. The van der Waals surface area contributed by atoms with Crippen molar-refractivity contribution < 1.29 is 9.53 Å². The summed E-state index contributed by atoms with van der Waals surface area (Å²) in [4.78, 5) is 17.6. The van der Waals surface area contributed by atoms with Crippen LogP contribution < -0.4 is 10.2 Å². The average Bonchev–Trinajstić information content (AvgIpc) is 3.62. The summed E-state index contributed by atoms with van der Waals surface area (Å²) in [5.74, 6) is 0.537. The second kappa shape index (κ2) is 8.05. The van der Waals surface area contributed by atoms with Gasteiger partial charge in [0.1, 0.15) is 6.10 Å². The third-order valence-electron chi connectivity index (χ3n) is 8.66. The van der Waals surface area contributed by atoms with Gasteiger partial charge in [-0.3, -0.25) is 4.90 Å². The molecule has 3 saturated heterocycles. The summed E-state index contributed by atoms with van der Waals surface area (Å²) in [6, 6.07) is 15.6. The minimum atomic E-state index is -0.222. The minimum Gasteiger partial charge on any atom is -0.445 e. The molecule has 5 aliphatic rings. The van der Waals surface area contributed by atoms with Crippen LogP contribution in [0.4, 0.5) is 10.5 Å². The number of carbonyl (C=O) groups is 1. The Morgan fingerprint density at radius 2 is 1.85 bits per heavy atom. The average molecular weight is 446 g/mol. The van der Waals surface area contributed by atoms with E-state index in [0.29, 0.717) is 5.92 Å². The lowest BCUT2D eigenvalue weighted by atomic mass is 9.76. The van der Waals surface area contributed by atoms with Gasteiger partial charge in [0, 0.05) is 26.3 Å². The van der Waals surface area contributed by atoms with Crippen molar-refractivity contribution in [2.24, 2.45) is 11.3 Å². The highest BCUT2D eigenvalue weighted by Crippen LogP contribution is 2.61. The molecule has 3 aliphatic heterocycles. The predicted molar refractivity (Wildman–Crippen MR) is 132 cm³/mol. The SMILES string of the molecule is CN(C)c1cccc(-c2ccc3c(c2)CCC2(CC2)C3NC(=O)O[C@H]2CN3CCC2CC3)c1. The van der Waals surface area contributed by atoms with Crippen LogP contribution in [0.15, 0.2) is 42.5 Å². The van der Waals surface area contributed by atoms with Crippen LogP contribution in [0.25, 0.3) is 11.1 Å². The van der Waals surface area contributed by atoms with E-state index in [9.17, 15) is 4.79 Å². The van der Waals surface area contributed by atoms with Crippen LogP contribution in [-0.4, -0.2) is 50.8 Å². The van der Waals surface area contributed by atoms with Crippen LogP contribution >= 0.6 is 0 Å². The van der Waals surface area contributed by atoms with Gasteiger partial charge >= 0.3 is 6.09 Å². The maximum atomic E-state index is 13.0. The van der Waals surface area contributed by atoms with Crippen molar-refractivity contribution in [3.05, 3.63) is 53.6 Å². The molecule has 5 heteroatoms. The smallest absolute Gasteiger partial charge is 0.407 e. The van der Waals surface area contributed by atoms with Crippen molar-refractivity contribution in [3.8, 4) is 11.1 Å². The number of nitrogens with one attached hydrogen (secondary N) is 1. The van der Waals surface area contributed by atoms with Crippen LogP contribution in [0.1, 0.15) is 49.3 Å². The summed E-state index contributed by atoms with van der Waals surface area (Å²) < 4.78 is 6.00. The van der Waals surface area contributed by atoms with Crippen molar-refractivity contribution in [1.82, 2.24) is 10.2 Å². The summed E-state index contributed by atoms with van der Waals surface area (Å²) in [6.45, 7) is 3.22. The first-order valence-corrected chi connectivity index (χ1v) is 12.6. The van der Waals surface area contributed by atoms with E-state index in [1.807, 2.05) is 0 Å². The third kappa shape index (κ3) is 3.90. The molecule has 7 rings (SSSR count). The third-order valence-corrected chi connectivity index (χ3v) is 8.66. The van der Waals surface area contributed by atoms with Crippen molar-refractivity contribution in [1.29, 1.82) is 0 Å². The number of hydrogen-bond acceptors (Lipinski definition) is 4. The zero-order valence-corrected chi connectivity index (χ0v) is 19.8. The molecule has 2 aromatic carbocycles. The van der Waals surface area contributed by atoms with Gasteiger partial charge in [0.2, 0.25) is 0 Å². The number of anilines is 1. The zero-order chi connectivity index (χ0) is 22.6. The quantitative estimate of drug-likeness (QED) is 0.719. The number of fused-ring (bicyclic) bond motifs is 4. The van der Waals surface area contributed by atoms with Crippen molar-refractivity contribution >= 4 is 11.8 Å². The van der Waals surface area contributed by atoms with Crippen LogP contribution in [-0.2, 0) is 11.2 Å². The number of ether oxygens (including phenoxy) is 1. The Hall–Kier alpha value is -2.53. The summed E-state index contributed by atoms with van der Waals surface area (Å²) in [7, 11) is 4.15. The van der Waals surface area contributed by atoms with Crippen molar-refractivity contribution in [2.45, 2.75) is 50.7 Å². The van der Waals surface area contributed by atoms with E-state index >= 15 is 0 Å². The molecular weight excluding hydrogens is 410 g/mol. The van der Waals surface area contributed by atoms with Crippen LogP contribution in [0.5, 0.6) is 0 Å². The monoisotopic (exact) mass is 445 g/mol. The Bertz CT molecular complexity index is 1050. The first kappa shape index (κ1) is 21.0. The fourth-order valence-corrected chi connectivity index (χ4v) is 6.37.